The minimum Gasteiger partial charge on any atom is -0.504 e. The molecule has 1 N–H and O–H groups in total. The summed E-state index contributed by atoms with van der Waals surface area (Å²) in [5.74, 6) is -0.540. The van der Waals surface area contributed by atoms with Gasteiger partial charge in [-0.05, 0) is 53.4 Å². The van der Waals surface area contributed by atoms with Gasteiger partial charge in [-0.1, -0.05) is 36.4 Å². The highest BCUT2D eigenvalue weighted by Crippen LogP contribution is 2.27. The fraction of sp³-hybridized carbons (Fsp3) is 0.0769. The zero-order valence-electron chi connectivity index (χ0n) is 17.2. The molecule has 3 heterocycles. The van der Waals surface area contributed by atoms with Crippen LogP contribution in [0.15, 0.2) is 91.5 Å². The number of nitrogens with zero attached hydrogens (tertiary/aromatic N) is 4. The Morgan fingerprint density at radius 2 is 1.72 bits per heavy atom. The number of carbonyl (C=O) groups is 1. The van der Waals surface area contributed by atoms with E-state index in [9.17, 15) is 9.90 Å². The Morgan fingerprint density at radius 1 is 0.875 bits per heavy atom. The second-order valence-corrected chi connectivity index (χ2v) is 7.63. The molecule has 0 aliphatic heterocycles. The average Bonchev–Trinajstić information content (AvgIpc) is 3.33. The lowest BCUT2D eigenvalue weighted by Crippen LogP contribution is -2.08. The van der Waals surface area contributed by atoms with Crippen LogP contribution >= 0.6 is 0 Å². The zero-order valence-corrected chi connectivity index (χ0v) is 17.2. The minimum absolute atomic E-state index is 0.00176. The summed E-state index contributed by atoms with van der Waals surface area (Å²) in [5.41, 5.74) is 3.93. The first-order chi connectivity index (χ1) is 15.7. The van der Waals surface area contributed by atoms with Gasteiger partial charge in [0.1, 0.15) is 5.52 Å². The van der Waals surface area contributed by atoms with E-state index in [0.29, 0.717) is 29.4 Å². The highest BCUT2D eigenvalue weighted by molar-refractivity contribution is 6.11. The Bertz CT molecular complexity index is 1400. The normalized spacial score (nSPS) is 11.0. The fourth-order valence-electron chi connectivity index (χ4n) is 3.83. The van der Waals surface area contributed by atoms with Gasteiger partial charge in [0, 0.05) is 35.7 Å². The Labute approximate surface area is 184 Å². The maximum Gasteiger partial charge on any atom is 0.215 e. The summed E-state index contributed by atoms with van der Waals surface area (Å²) in [6, 6.07) is 21.3. The molecule has 0 fully saturated rings. The number of aromatic hydroxyl groups is 1. The van der Waals surface area contributed by atoms with E-state index in [2.05, 4.69) is 33.3 Å². The molecule has 0 aliphatic rings. The first-order valence-corrected chi connectivity index (χ1v) is 10.3. The quantitative estimate of drug-likeness (QED) is 0.412. The lowest BCUT2D eigenvalue weighted by Gasteiger charge is -2.11. The van der Waals surface area contributed by atoms with Crippen molar-refractivity contribution in [1.29, 1.82) is 0 Å². The minimum atomic E-state index is -0.341. The van der Waals surface area contributed by atoms with Crippen LogP contribution in [0.3, 0.4) is 0 Å². The number of hydrogen-bond acceptors (Lipinski definition) is 5. The van der Waals surface area contributed by atoms with E-state index in [4.69, 9.17) is 0 Å². The van der Waals surface area contributed by atoms with Crippen molar-refractivity contribution in [2.24, 2.45) is 0 Å². The van der Waals surface area contributed by atoms with Gasteiger partial charge in [0.25, 0.3) is 0 Å². The van der Waals surface area contributed by atoms with Crippen molar-refractivity contribution >= 4 is 16.7 Å². The number of ketones is 1. The Hall–Kier alpha value is -4.32. The van der Waals surface area contributed by atoms with Crippen LogP contribution in [0.2, 0.25) is 0 Å². The fourth-order valence-corrected chi connectivity index (χ4v) is 3.83. The largest absolute Gasteiger partial charge is 0.504 e. The van der Waals surface area contributed by atoms with Crippen molar-refractivity contribution in [2.45, 2.75) is 13.0 Å². The number of hydrogen-bond donors (Lipinski definition) is 1. The van der Waals surface area contributed by atoms with E-state index in [-0.39, 0.29) is 17.2 Å². The van der Waals surface area contributed by atoms with E-state index in [1.165, 1.54) is 0 Å². The zero-order chi connectivity index (χ0) is 21.9. The summed E-state index contributed by atoms with van der Waals surface area (Å²) < 4.78 is 1.81. The van der Waals surface area contributed by atoms with Gasteiger partial charge in [-0.25, -0.2) is 4.98 Å². The van der Waals surface area contributed by atoms with Crippen molar-refractivity contribution in [1.82, 2.24) is 19.7 Å². The number of fused-ring (bicyclic) bond motifs is 1. The molecule has 6 nitrogen and oxygen atoms in total. The van der Waals surface area contributed by atoms with Crippen LogP contribution in [0.1, 0.15) is 32.7 Å². The van der Waals surface area contributed by atoms with E-state index < -0.39 is 0 Å². The second-order valence-electron chi connectivity index (χ2n) is 7.63. The molecule has 0 radical (unpaired) electrons. The van der Waals surface area contributed by atoms with Crippen molar-refractivity contribution in [2.75, 3.05) is 0 Å². The highest BCUT2D eigenvalue weighted by atomic mass is 16.3. The van der Waals surface area contributed by atoms with Crippen molar-refractivity contribution < 1.29 is 9.90 Å². The van der Waals surface area contributed by atoms with Gasteiger partial charge in [-0.15, -0.1) is 0 Å². The third-order valence-corrected chi connectivity index (χ3v) is 5.30. The van der Waals surface area contributed by atoms with Gasteiger partial charge in [0.15, 0.2) is 11.4 Å². The summed E-state index contributed by atoms with van der Waals surface area (Å²) in [4.78, 5) is 21.8. The van der Waals surface area contributed by atoms with Crippen LogP contribution in [0.4, 0.5) is 0 Å². The number of rotatable bonds is 6. The maximum atomic E-state index is 13.4. The van der Waals surface area contributed by atoms with Gasteiger partial charge in [0.05, 0.1) is 6.54 Å². The number of aromatic nitrogens is 4. The van der Waals surface area contributed by atoms with E-state index >= 15 is 0 Å². The van der Waals surface area contributed by atoms with Gasteiger partial charge < -0.3 is 5.11 Å². The Balaban J connectivity index is 1.56. The van der Waals surface area contributed by atoms with Gasteiger partial charge in [-0.2, -0.15) is 5.10 Å². The van der Waals surface area contributed by atoms with Crippen LogP contribution in [0.25, 0.3) is 10.9 Å². The molecular formula is C26H20N4O2. The molecule has 0 aliphatic carbocycles. The van der Waals surface area contributed by atoms with Crippen LogP contribution in [0.5, 0.6) is 5.75 Å². The summed E-state index contributed by atoms with van der Waals surface area (Å²) in [6.45, 7) is 0.536. The summed E-state index contributed by atoms with van der Waals surface area (Å²) in [5, 5.41) is 15.7. The molecule has 0 saturated carbocycles. The van der Waals surface area contributed by atoms with Crippen LogP contribution < -0.4 is 0 Å². The molecule has 32 heavy (non-hydrogen) atoms. The number of carbonyl (C=O) groups excluding carboxylic acids is 1. The predicted molar refractivity (Wildman–Crippen MR) is 122 cm³/mol. The first kappa shape index (κ1) is 19.6. The molecule has 0 spiro atoms. The van der Waals surface area contributed by atoms with Crippen molar-refractivity contribution in [3.8, 4) is 5.75 Å². The maximum absolute atomic E-state index is 13.4. The molecule has 5 rings (SSSR count). The van der Waals surface area contributed by atoms with Gasteiger partial charge in [0.2, 0.25) is 5.78 Å². The smallest absolute Gasteiger partial charge is 0.215 e. The molecule has 0 unspecified atom stereocenters. The molecule has 5 aromatic rings. The van der Waals surface area contributed by atoms with Gasteiger partial charge in [-0.3, -0.25) is 14.5 Å². The lowest BCUT2D eigenvalue weighted by atomic mass is 9.96. The van der Waals surface area contributed by atoms with Crippen LogP contribution in [0, 0.1) is 0 Å². The average molecular weight is 420 g/mol. The molecule has 156 valence electrons. The number of benzene rings is 2. The molecule has 2 aromatic carbocycles. The monoisotopic (exact) mass is 420 g/mol. The summed E-state index contributed by atoms with van der Waals surface area (Å²) in [7, 11) is 0. The molecule has 3 aromatic heterocycles. The topological polar surface area (TPSA) is 80.9 Å². The number of pyridine rings is 2. The molecule has 0 bridgehead atoms. The SMILES string of the molecule is O=C(c1cc(Cc2ccccc2)cc(Cn2cccn2)c1)c1ncc2cccnc2c1O. The highest BCUT2D eigenvalue weighted by Gasteiger charge is 2.19. The lowest BCUT2D eigenvalue weighted by molar-refractivity contribution is 0.103. The second kappa shape index (κ2) is 8.43. The predicted octanol–water partition coefficient (Wildman–Crippen LogP) is 4.40. The molecular weight excluding hydrogens is 400 g/mol. The molecule has 0 saturated heterocycles. The van der Waals surface area contributed by atoms with E-state index in [1.807, 2.05) is 47.3 Å². The summed E-state index contributed by atoms with van der Waals surface area (Å²) >= 11 is 0. The van der Waals surface area contributed by atoms with Crippen molar-refractivity contribution in [3.63, 3.8) is 0 Å². The summed E-state index contributed by atoms with van der Waals surface area (Å²) in [6.07, 6.45) is 7.44. The third-order valence-electron chi connectivity index (χ3n) is 5.30. The van der Waals surface area contributed by atoms with Crippen molar-refractivity contribution in [3.05, 3.63) is 119 Å². The molecule has 6 heteroatoms. The Kier molecular flexibility index (Phi) is 5.17. The van der Waals surface area contributed by atoms with Crippen LogP contribution in [-0.4, -0.2) is 30.6 Å². The first-order valence-electron chi connectivity index (χ1n) is 10.3. The van der Waals surface area contributed by atoms with E-state index in [1.54, 1.807) is 30.7 Å². The standard InChI is InChI=1S/C26H20N4O2/c31-25(24-26(32)23-21(16-28-24)8-4-9-27-23)22-14-19(12-18-6-2-1-3-7-18)13-20(15-22)17-30-11-5-10-29-30/h1-11,13-16,32H,12,17H2. The molecule has 0 amide bonds. The van der Waals surface area contributed by atoms with E-state index in [0.717, 1.165) is 16.7 Å². The van der Waals surface area contributed by atoms with Gasteiger partial charge >= 0.3 is 0 Å². The Morgan fingerprint density at radius 3 is 2.53 bits per heavy atom. The molecule has 0 atom stereocenters. The third kappa shape index (κ3) is 3.98. The van der Waals surface area contributed by atoms with Crippen LogP contribution in [-0.2, 0) is 13.0 Å².